The average molecular weight is 264 g/mol. The number of nitrogens with zero attached hydrogens (tertiary/aromatic N) is 3. The first-order chi connectivity index (χ1) is 9.15. The SMILES string of the molecule is CCC(C)N1CCN(c2nc(OC)ccc2N)CC1. The third kappa shape index (κ3) is 3.10. The van der Waals surface area contributed by atoms with E-state index in [1.54, 1.807) is 13.2 Å². The highest BCUT2D eigenvalue weighted by molar-refractivity contribution is 5.63. The number of anilines is 2. The van der Waals surface area contributed by atoms with Crippen molar-refractivity contribution < 1.29 is 4.74 Å². The fourth-order valence-corrected chi connectivity index (χ4v) is 2.44. The van der Waals surface area contributed by atoms with Crippen LogP contribution in [0.1, 0.15) is 20.3 Å². The zero-order chi connectivity index (χ0) is 13.8. The number of aromatic nitrogens is 1. The number of methoxy groups -OCH3 is 1. The first-order valence-electron chi connectivity index (χ1n) is 6.95. The molecule has 1 aliphatic rings. The molecule has 5 heteroatoms. The summed E-state index contributed by atoms with van der Waals surface area (Å²) in [6, 6.07) is 4.31. The largest absolute Gasteiger partial charge is 0.481 e. The van der Waals surface area contributed by atoms with Gasteiger partial charge in [-0.3, -0.25) is 4.90 Å². The van der Waals surface area contributed by atoms with Gasteiger partial charge in [0.15, 0.2) is 5.82 Å². The molecule has 19 heavy (non-hydrogen) atoms. The van der Waals surface area contributed by atoms with Crippen molar-refractivity contribution in [2.75, 3.05) is 43.9 Å². The topological polar surface area (TPSA) is 54.6 Å². The minimum atomic E-state index is 0.619. The van der Waals surface area contributed by atoms with E-state index in [-0.39, 0.29) is 0 Å². The lowest BCUT2D eigenvalue weighted by Crippen LogP contribution is -2.49. The highest BCUT2D eigenvalue weighted by Gasteiger charge is 2.22. The van der Waals surface area contributed by atoms with Gasteiger partial charge in [0.05, 0.1) is 12.8 Å². The molecule has 1 fully saturated rings. The fourth-order valence-electron chi connectivity index (χ4n) is 2.44. The van der Waals surface area contributed by atoms with Crippen molar-refractivity contribution in [2.45, 2.75) is 26.3 Å². The molecule has 0 radical (unpaired) electrons. The summed E-state index contributed by atoms with van der Waals surface area (Å²) in [6.07, 6.45) is 1.19. The molecule has 2 rings (SSSR count). The van der Waals surface area contributed by atoms with Crippen molar-refractivity contribution in [3.63, 3.8) is 0 Å². The molecule has 0 saturated carbocycles. The summed E-state index contributed by atoms with van der Waals surface area (Å²) in [5, 5.41) is 0. The van der Waals surface area contributed by atoms with Gasteiger partial charge < -0.3 is 15.4 Å². The zero-order valence-corrected chi connectivity index (χ0v) is 12.1. The van der Waals surface area contributed by atoms with Gasteiger partial charge in [-0.2, -0.15) is 4.98 Å². The van der Waals surface area contributed by atoms with E-state index >= 15 is 0 Å². The van der Waals surface area contributed by atoms with Crippen LogP contribution in [0, 0.1) is 0 Å². The van der Waals surface area contributed by atoms with E-state index in [1.807, 2.05) is 6.07 Å². The van der Waals surface area contributed by atoms with Crippen LogP contribution in [-0.4, -0.2) is 49.2 Å². The molecule has 1 atom stereocenters. The van der Waals surface area contributed by atoms with E-state index in [4.69, 9.17) is 10.5 Å². The molecule has 5 nitrogen and oxygen atoms in total. The third-order valence-electron chi connectivity index (χ3n) is 3.92. The van der Waals surface area contributed by atoms with Crippen molar-refractivity contribution in [3.8, 4) is 5.88 Å². The lowest BCUT2D eigenvalue weighted by Gasteiger charge is -2.38. The predicted molar refractivity (Wildman–Crippen MR) is 78.7 cm³/mol. The zero-order valence-electron chi connectivity index (χ0n) is 12.1. The summed E-state index contributed by atoms with van der Waals surface area (Å²) in [5.41, 5.74) is 6.74. The Morgan fingerprint density at radius 1 is 1.32 bits per heavy atom. The van der Waals surface area contributed by atoms with Crippen LogP contribution in [0.3, 0.4) is 0 Å². The summed E-state index contributed by atoms with van der Waals surface area (Å²) in [4.78, 5) is 9.23. The first-order valence-corrected chi connectivity index (χ1v) is 6.95. The Bertz CT molecular complexity index is 416. The fraction of sp³-hybridized carbons (Fsp3) is 0.643. The van der Waals surface area contributed by atoms with Gasteiger partial charge in [-0.1, -0.05) is 6.92 Å². The maximum absolute atomic E-state index is 6.02. The number of ether oxygens (including phenoxy) is 1. The summed E-state index contributed by atoms with van der Waals surface area (Å²) in [6.45, 7) is 8.58. The predicted octanol–water partition coefficient (Wildman–Crippen LogP) is 1.59. The van der Waals surface area contributed by atoms with E-state index in [2.05, 4.69) is 28.6 Å². The first kappa shape index (κ1) is 13.9. The highest BCUT2D eigenvalue weighted by atomic mass is 16.5. The number of piperazine rings is 1. The molecule has 0 amide bonds. The molecule has 2 heterocycles. The number of nitrogens with two attached hydrogens (primary N) is 1. The minimum Gasteiger partial charge on any atom is -0.481 e. The Labute approximate surface area is 115 Å². The smallest absolute Gasteiger partial charge is 0.215 e. The summed E-state index contributed by atoms with van der Waals surface area (Å²) in [7, 11) is 1.63. The number of hydrogen-bond acceptors (Lipinski definition) is 5. The summed E-state index contributed by atoms with van der Waals surface area (Å²) >= 11 is 0. The molecule has 0 aromatic carbocycles. The Hall–Kier alpha value is -1.49. The van der Waals surface area contributed by atoms with Crippen LogP contribution in [0.25, 0.3) is 0 Å². The molecule has 1 unspecified atom stereocenters. The molecule has 1 aromatic heterocycles. The van der Waals surface area contributed by atoms with E-state index in [0.29, 0.717) is 11.9 Å². The normalized spacial score (nSPS) is 18.4. The maximum Gasteiger partial charge on any atom is 0.215 e. The van der Waals surface area contributed by atoms with Crippen molar-refractivity contribution in [3.05, 3.63) is 12.1 Å². The van der Waals surface area contributed by atoms with Gasteiger partial charge in [0.25, 0.3) is 0 Å². The monoisotopic (exact) mass is 264 g/mol. The number of hydrogen-bond donors (Lipinski definition) is 1. The lowest BCUT2D eigenvalue weighted by atomic mass is 10.2. The van der Waals surface area contributed by atoms with Gasteiger partial charge in [-0.05, 0) is 19.4 Å². The molecule has 106 valence electrons. The van der Waals surface area contributed by atoms with Crippen LogP contribution >= 0.6 is 0 Å². The molecule has 2 N–H and O–H groups in total. The molecule has 1 saturated heterocycles. The van der Waals surface area contributed by atoms with E-state index in [1.165, 1.54) is 6.42 Å². The van der Waals surface area contributed by atoms with Crippen LogP contribution in [0.4, 0.5) is 11.5 Å². The summed E-state index contributed by atoms with van der Waals surface area (Å²) < 4.78 is 5.17. The second-order valence-corrected chi connectivity index (χ2v) is 5.05. The third-order valence-corrected chi connectivity index (χ3v) is 3.92. The van der Waals surface area contributed by atoms with Crippen molar-refractivity contribution >= 4 is 11.5 Å². The van der Waals surface area contributed by atoms with Crippen LogP contribution in [0.5, 0.6) is 5.88 Å². The van der Waals surface area contributed by atoms with Gasteiger partial charge in [0.2, 0.25) is 5.88 Å². The average Bonchev–Trinajstić information content (AvgIpc) is 2.47. The number of rotatable bonds is 4. The Morgan fingerprint density at radius 2 is 2.00 bits per heavy atom. The van der Waals surface area contributed by atoms with Crippen LogP contribution in [0.2, 0.25) is 0 Å². The molecule has 1 aromatic rings. The van der Waals surface area contributed by atoms with Crippen LogP contribution in [-0.2, 0) is 0 Å². The van der Waals surface area contributed by atoms with Crippen molar-refractivity contribution in [1.29, 1.82) is 0 Å². The maximum atomic E-state index is 6.02. The minimum absolute atomic E-state index is 0.619. The van der Waals surface area contributed by atoms with Gasteiger partial charge in [0, 0.05) is 38.3 Å². The number of pyridine rings is 1. The Balaban J connectivity index is 2.05. The Morgan fingerprint density at radius 3 is 2.58 bits per heavy atom. The number of nitrogen functional groups attached to an aromatic ring is 1. The quantitative estimate of drug-likeness (QED) is 0.895. The lowest BCUT2D eigenvalue weighted by molar-refractivity contribution is 0.192. The van der Waals surface area contributed by atoms with Crippen molar-refractivity contribution in [1.82, 2.24) is 9.88 Å². The summed E-state index contributed by atoms with van der Waals surface area (Å²) in [5.74, 6) is 1.47. The molecule has 0 spiro atoms. The second-order valence-electron chi connectivity index (χ2n) is 5.05. The molecule has 0 aliphatic carbocycles. The molecule has 0 bridgehead atoms. The van der Waals surface area contributed by atoms with Gasteiger partial charge in [-0.15, -0.1) is 0 Å². The molecular weight excluding hydrogens is 240 g/mol. The van der Waals surface area contributed by atoms with Gasteiger partial charge in [0.1, 0.15) is 0 Å². The van der Waals surface area contributed by atoms with Gasteiger partial charge in [-0.25, -0.2) is 0 Å². The molecular formula is C14H24N4O. The Kier molecular flexibility index (Phi) is 4.47. The highest BCUT2D eigenvalue weighted by Crippen LogP contribution is 2.25. The van der Waals surface area contributed by atoms with Crippen molar-refractivity contribution in [2.24, 2.45) is 0 Å². The van der Waals surface area contributed by atoms with E-state index in [9.17, 15) is 0 Å². The van der Waals surface area contributed by atoms with Crippen LogP contribution < -0.4 is 15.4 Å². The van der Waals surface area contributed by atoms with Crippen LogP contribution in [0.15, 0.2) is 12.1 Å². The van der Waals surface area contributed by atoms with E-state index < -0.39 is 0 Å². The van der Waals surface area contributed by atoms with Gasteiger partial charge >= 0.3 is 0 Å². The van der Waals surface area contributed by atoms with E-state index in [0.717, 1.165) is 37.7 Å². The standard InChI is InChI=1S/C14H24N4O/c1-4-11(2)17-7-9-18(10-8-17)14-12(15)5-6-13(16-14)19-3/h5-6,11H,4,7-10,15H2,1-3H3. The second kappa shape index (κ2) is 6.10. The molecule has 1 aliphatic heterocycles.